The highest BCUT2D eigenvalue weighted by Crippen LogP contribution is 2.18. The molecule has 0 radical (unpaired) electrons. The number of rotatable bonds is 15. The molecular weight excluding hydrogens is 344 g/mol. The van der Waals surface area contributed by atoms with E-state index < -0.39 is 56.5 Å². The number of aliphatic hydroxyl groups excluding tert-OH is 4. The lowest BCUT2D eigenvalue weighted by Crippen LogP contribution is -2.32. The van der Waals surface area contributed by atoms with Crippen LogP contribution < -0.4 is 0 Å². The molecule has 8 heteroatoms. The zero-order valence-corrected chi connectivity index (χ0v) is 15.4. The Labute approximate surface area is 154 Å². The molecule has 26 heavy (non-hydrogen) atoms. The maximum absolute atomic E-state index is 12.2. The smallest absolute Gasteiger partial charge is 0.309 e. The van der Waals surface area contributed by atoms with Crippen molar-refractivity contribution in [1.82, 2.24) is 0 Å². The molecule has 0 aliphatic heterocycles. The van der Waals surface area contributed by atoms with Crippen molar-refractivity contribution in [3.05, 3.63) is 12.2 Å². The molecule has 0 rings (SSSR count). The summed E-state index contributed by atoms with van der Waals surface area (Å²) >= 11 is 0. The summed E-state index contributed by atoms with van der Waals surface area (Å²) in [6.07, 6.45) is 5.60. The second kappa shape index (κ2) is 15.7. The van der Waals surface area contributed by atoms with Gasteiger partial charge in [0.2, 0.25) is 0 Å². The topological polar surface area (TPSA) is 134 Å². The van der Waals surface area contributed by atoms with Gasteiger partial charge in [0.1, 0.15) is 12.2 Å². The van der Waals surface area contributed by atoms with Crippen molar-refractivity contribution in [3.63, 3.8) is 0 Å². The monoisotopic (exact) mass is 376 g/mol. The van der Waals surface area contributed by atoms with Crippen molar-refractivity contribution in [2.45, 2.75) is 57.7 Å². The predicted molar refractivity (Wildman–Crippen MR) is 94.1 cm³/mol. The van der Waals surface area contributed by atoms with E-state index in [0.717, 1.165) is 19.3 Å². The van der Waals surface area contributed by atoms with Crippen LogP contribution in [0.3, 0.4) is 0 Å². The number of unbranched alkanes of at least 4 members (excludes halogenated alkanes) is 3. The number of ether oxygens (including phenoxy) is 2. The number of esters is 2. The van der Waals surface area contributed by atoms with Gasteiger partial charge in [0, 0.05) is 0 Å². The molecule has 0 heterocycles. The SMILES string of the molecule is C/C=C/CCCCCC(CC(=O)OC(CO)CO)C(=O)OC(CO)CO. The first-order chi connectivity index (χ1) is 12.5. The fourth-order valence-corrected chi connectivity index (χ4v) is 2.26. The third kappa shape index (κ3) is 11.2. The summed E-state index contributed by atoms with van der Waals surface area (Å²) in [6, 6.07) is 0. The summed E-state index contributed by atoms with van der Waals surface area (Å²) in [6.45, 7) is -0.110. The second-order valence-corrected chi connectivity index (χ2v) is 6.01. The minimum atomic E-state index is -1.03. The molecule has 0 aromatic heterocycles. The van der Waals surface area contributed by atoms with Crippen LogP contribution in [0.1, 0.15) is 45.4 Å². The Morgan fingerprint density at radius 3 is 2.00 bits per heavy atom. The van der Waals surface area contributed by atoms with Crippen LogP contribution in [0.25, 0.3) is 0 Å². The van der Waals surface area contributed by atoms with Gasteiger partial charge in [-0.2, -0.15) is 0 Å². The number of aliphatic hydroxyl groups is 4. The molecule has 0 aliphatic rings. The Kier molecular flexibility index (Phi) is 14.9. The van der Waals surface area contributed by atoms with Crippen LogP contribution in [0.15, 0.2) is 12.2 Å². The van der Waals surface area contributed by atoms with E-state index in [1.165, 1.54) is 0 Å². The number of hydrogen-bond donors (Lipinski definition) is 4. The summed E-state index contributed by atoms with van der Waals surface area (Å²) in [5.74, 6) is -2.19. The predicted octanol–water partition coefficient (Wildman–Crippen LogP) is 0.312. The lowest BCUT2D eigenvalue weighted by atomic mass is 9.97. The van der Waals surface area contributed by atoms with Crippen LogP contribution in [0, 0.1) is 5.92 Å². The normalized spacial score (nSPS) is 12.7. The van der Waals surface area contributed by atoms with Crippen LogP contribution in [0.2, 0.25) is 0 Å². The summed E-state index contributed by atoms with van der Waals surface area (Å²) < 4.78 is 9.90. The molecule has 0 aromatic carbocycles. The van der Waals surface area contributed by atoms with Crippen molar-refractivity contribution >= 4 is 11.9 Å². The molecule has 1 atom stereocenters. The standard InChI is InChI=1S/C18H32O8/c1-2-3-4-5-6-7-8-14(18(24)26-16(12-21)13-22)9-17(23)25-15(10-19)11-20/h2-3,14-16,19-22H,4-13H2,1H3/b3-2+. The molecule has 0 saturated carbocycles. The van der Waals surface area contributed by atoms with Gasteiger partial charge in [-0.05, 0) is 26.2 Å². The summed E-state index contributed by atoms with van der Waals surface area (Å²) in [7, 11) is 0. The molecule has 0 saturated heterocycles. The Hall–Kier alpha value is -1.48. The largest absolute Gasteiger partial charge is 0.457 e. The van der Waals surface area contributed by atoms with Crippen LogP contribution in [-0.4, -0.2) is 71.0 Å². The van der Waals surface area contributed by atoms with Gasteiger partial charge in [-0.1, -0.05) is 25.0 Å². The molecule has 0 aromatic rings. The molecule has 0 spiro atoms. The fraction of sp³-hybridized carbons (Fsp3) is 0.778. The summed E-state index contributed by atoms with van der Waals surface area (Å²) in [5, 5.41) is 36.0. The Balaban J connectivity index is 4.65. The van der Waals surface area contributed by atoms with Crippen molar-refractivity contribution < 1.29 is 39.5 Å². The average molecular weight is 376 g/mol. The number of hydrogen-bond acceptors (Lipinski definition) is 8. The zero-order chi connectivity index (χ0) is 19.8. The van der Waals surface area contributed by atoms with Crippen molar-refractivity contribution in [2.24, 2.45) is 5.92 Å². The zero-order valence-electron chi connectivity index (χ0n) is 15.4. The molecule has 0 fully saturated rings. The molecule has 0 aliphatic carbocycles. The Morgan fingerprint density at radius 1 is 0.885 bits per heavy atom. The minimum Gasteiger partial charge on any atom is -0.457 e. The molecule has 0 amide bonds. The van der Waals surface area contributed by atoms with Gasteiger partial charge in [0.15, 0.2) is 0 Å². The van der Waals surface area contributed by atoms with Gasteiger partial charge in [0.05, 0.1) is 38.8 Å². The van der Waals surface area contributed by atoms with Crippen LogP contribution in [0.5, 0.6) is 0 Å². The van der Waals surface area contributed by atoms with Crippen LogP contribution >= 0.6 is 0 Å². The third-order valence-corrected chi connectivity index (χ3v) is 3.80. The summed E-state index contributed by atoms with van der Waals surface area (Å²) in [4.78, 5) is 24.2. The van der Waals surface area contributed by atoms with E-state index in [2.05, 4.69) is 6.08 Å². The summed E-state index contributed by atoms with van der Waals surface area (Å²) in [5.41, 5.74) is 0. The van der Waals surface area contributed by atoms with Gasteiger partial charge in [-0.15, -0.1) is 0 Å². The molecule has 4 N–H and O–H groups in total. The van der Waals surface area contributed by atoms with E-state index in [1.807, 2.05) is 13.0 Å². The minimum absolute atomic E-state index is 0.256. The molecule has 152 valence electrons. The lowest BCUT2D eigenvalue weighted by Gasteiger charge is -2.20. The van der Waals surface area contributed by atoms with Crippen LogP contribution in [0.4, 0.5) is 0 Å². The van der Waals surface area contributed by atoms with Gasteiger partial charge in [-0.25, -0.2) is 0 Å². The van der Waals surface area contributed by atoms with Gasteiger partial charge in [-0.3, -0.25) is 9.59 Å². The maximum Gasteiger partial charge on any atom is 0.309 e. The van der Waals surface area contributed by atoms with E-state index in [4.69, 9.17) is 29.9 Å². The highest BCUT2D eigenvalue weighted by atomic mass is 16.6. The van der Waals surface area contributed by atoms with Crippen molar-refractivity contribution in [1.29, 1.82) is 0 Å². The first kappa shape index (κ1) is 24.5. The average Bonchev–Trinajstić information content (AvgIpc) is 2.65. The number of allylic oxidation sites excluding steroid dienone is 2. The Bertz CT molecular complexity index is 402. The van der Waals surface area contributed by atoms with E-state index >= 15 is 0 Å². The fourth-order valence-electron chi connectivity index (χ4n) is 2.26. The van der Waals surface area contributed by atoms with E-state index in [0.29, 0.717) is 12.8 Å². The maximum atomic E-state index is 12.2. The third-order valence-electron chi connectivity index (χ3n) is 3.80. The van der Waals surface area contributed by atoms with E-state index in [1.54, 1.807) is 0 Å². The number of carbonyl (C=O) groups is 2. The van der Waals surface area contributed by atoms with Gasteiger partial charge >= 0.3 is 11.9 Å². The lowest BCUT2D eigenvalue weighted by molar-refractivity contribution is -0.165. The number of carbonyl (C=O) groups excluding carboxylic acids is 2. The molecular formula is C18H32O8. The van der Waals surface area contributed by atoms with Gasteiger partial charge < -0.3 is 29.9 Å². The second-order valence-electron chi connectivity index (χ2n) is 6.01. The van der Waals surface area contributed by atoms with Gasteiger partial charge in [0.25, 0.3) is 0 Å². The highest BCUT2D eigenvalue weighted by molar-refractivity contribution is 5.80. The van der Waals surface area contributed by atoms with Crippen molar-refractivity contribution in [2.75, 3.05) is 26.4 Å². The first-order valence-corrected chi connectivity index (χ1v) is 8.96. The first-order valence-electron chi connectivity index (χ1n) is 8.96. The highest BCUT2D eigenvalue weighted by Gasteiger charge is 2.27. The quantitative estimate of drug-likeness (QED) is 0.182. The van der Waals surface area contributed by atoms with E-state index in [9.17, 15) is 9.59 Å². The molecule has 8 nitrogen and oxygen atoms in total. The van der Waals surface area contributed by atoms with E-state index in [-0.39, 0.29) is 6.42 Å². The van der Waals surface area contributed by atoms with Crippen molar-refractivity contribution in [3.8, 4) is 0 Å². The molecule has 0 bridgehead atoms. The van der Waals surface area contributed by atoms with Crippen LogP contribution in [-0.2, 0) is 19.1 Å². The molecule has 1 unspecified atom stereocenters. The Morgan fingerprint density at radius 2 is 1.46 bits per heavy atom.